The summed E-state index contributed by atoms with van der Waals surface area (Å²) >= 11 is 0. The molecule has 0 aromatic heterocycles. The Balaban J connectivity index is 2.24. The predicted molar refractivity (Wildman–Crippen MR) is 48.6 cm³/mol. The number of nitrogens with two attached hydrogens (primary N) is 1. The summed E-state index contributed by atoms with van der Waals surface area (Å²) in [6.45, 7) is 8.11. The number of morpholine rings is 1. The van der Waals surface area contributed by atoms with Gasteiger partial charge in [-0.3, -0.25) is 16.2 Å². The van der Waals surface area contributed by atoms with Gasteiger partial charge in [0, 0.05) is 26.2 Å². The fourth-order valence-electron chi connectivity index (χ4n) is 1.69. The lowest BCUT2D eigenvalue weighted by Gasteiger charge is -2.35. The molecule has 1 fully saturated rings. The lowest BCUT2D eigenvalue weighted by molar-refractivity contribution is -0.0674. The summed E-state index contributed by atoms with van der Waals surface area (Å²) in [6.07, 6.45) is 0.707. The van der Waals surface area contributed by atoms with Crippen LogP contribution in [0.25, 0.3) is 0 Å². The molecule has 3 N–H and O–H groups in total. The van der Waals surface area contributed by atoms with Crippen molar-refractivity contribution in [3.63, 3.8) is 0 Å². The van der Waals surface area contributed by atoms with Crippen LogP contribution in [0, 0.1) is 0 Å². The maximum absolute atomic E-state index is 5.60. The van der Waals surface area contributed by atoms with Crippen molar-refractivity contribution in [1.82, 2.24) is 10.3 Å². The summed E-state index contributed by atoms with van der Waals surface area (Å²) < 4.78 is 5.60. The van der Waals surface area contributed by atoms with Crippen LogP contribution in [0.1, 0.15) is 13.8 Å². The van der Waals surface area contributed by atoms with Crippen molar-refractivity contribution in [3.8, 4) is 0 Å². The second kappa shape index (κ2) is 4.77. The molecule has 0 amide bonds. The monoisotopic (exact) mass is 173 g/mol. The van der Waals surface area contributed by atoms with Gasteiger partial charge >= 0.3 is 0 Å². The van der Waals surface area contributed by atoms with Crippen LogP contribution in [0.5, 0.6) is 0 Å². The van der Waals surface area contributed by atoms with Gasteiger partial charge in [-0.05, 0) is 13.8 Å². The zero-order valence-electron chi connectivity index (χ0n) is 7.92. The van der Waals surface area contributed by atoms with E-state index in [4.69, 9.17) is 10.6 Å². The summed E-state index contributed by atoms with van der Waals surface area (Å²) in [5.74, 6) is 5.21. The highest BCUT2D eigenvalue weighted by Gasteiger charge is 2.21. The Morgan fingerprint density at radius 1 is 1.42 bits per heavy atom. The van der Waals surface area contributed by atoms with E-state index in [-0.39, 0.29) is 0 Å². The third-order valence-corrected chi connectivity index (χ3v) is 2.07. The highest BCUT2D eigenvalue weighted by atomic mass is 16.5. The van der Waals surface area contributed by atoms with Crippen LogP contribution >= 0.6 is 0 Å². The molecule has 0 aromatic rings. The predicted octanol–water partition coefficient (Wildman–Crippen LogP) is -0.441. The molecule has 0 radical (unpaired) electrons. The number of hydrogen-bond acceptors (Lipinski definition) is 4. The minimum Gasteiger partial charge on any atom is -0.373 e. The summed E-state index contributed by atoms with van der Waals surface area (Å²) in [7, 11) is 0. The molecule has 72 valence electrons. The molecule has 0 saturated carbocycles. The van der Waals surface area contributed by atoms with Crippen LogP contribution in [0.4, 0.5) is 0 Å². The van der Waals surface area contributed by atoms with Gasteiger partial charge in [0.15, 0.2) is 0 Å². The average molecular weight is 173 g/mol. The molecular formula is C8H19N3O. The molecule has 1 rings (SSSR count). The lowest BCUT2D eigenvalue weighted by Crippen LogP contribution is -2.48. The molecule has 1 unspecified atom stereocenters. The molecule has 1 saturated heterocycles. The standard InChI is InChI=1S/C8H19N3O/c1-7-5-11(4-3-10-9)6-8(2)12-7/h7-8,10H,3-6,9H2,1-2H3/t7-,8?/m1/s1. The Kier molecular flexibility index (Phi) is 3.94. The van der Waals surface area contributed by atoms with Crippen molar-refractivity contribution >= 4 is 0 Å². The molecule has 2 atom stereocenters. The SMILES string of the molecule is CC1CN(CCNN)C[C@@H](C)O1. The number of hydrogen-bond donors (Lipinski definition) is 2. The first kappa shape index (κ1) is 9.92. The topological polar surface area (TPSA) is 50.5 Å². The van der Waals surface area contributed by atoms with Crippen LogP contribution in [0.3, 0.4) is 0 Å². The van der Waals surface area contributed by atoms with Crippen molar-refractivity contribution in [3.05, 3.63) is 0 Å². The number of hydrazine groups is 1. The van der Waals surface area contributed by atoms with Crippen molar-refractivity contribution < 1.29 is 4.74 Å². The summed E-state index contributed by atoms with van der Waals surface area (Å²) in [5, 5.41) is 0. The Morgan fingerprint density at radius 3 is 2.50 bits per heavy atom. The van der Waals surface area contributed by atoms with Crippen molar-refractivity contribution in [1.29, 1.82) is 0 Å². The zero-order chi connectivity index (χ0) is 8.97. The zero-order valence-corrected chi connectivity index (χ0v) is 7.92. The van der Waals surface area contributed by atoms with Crippen LogP contribution in [0.2, 0.25) is 0 Å². The first-order chi connectivity index (χ1) is 5.72. The Bertz CT molecular complexity index is 121. The third kappa shape index (κ3) is 3.06. The number of ether oxygens (including phenoxy) is 1. The van der Waals surface area contributed by atoms with Crippen LogP contribution in [-0.4, -0.2) is 43.3 Å². The van der Waals surface area contributed by atoms with Gasteiger partial charge in [-0.1, -0.05) is 0 Å². The molecule has 0 bridgehead atoms. The molecule has 0 aliphatic carbocycles. The first-order valence-electron chi connectivity index (χ1n) is 4.53. The highest BCUT2D eigenvalue weighted by molar-refractivity contribution is 4.72. The molecule has 1 aliphatic heterocycles. The van der Waals surface area contributed by atoms with E-state index in [0.717, 1.165) is 26.2 Å². The van der Waals surface area contributed by atoms with E-state index in [9.17, 15) is 0 Å². The molecule has 4 heteroatoms. The van der Waals surface area contributed by atoms with Crippen molar-refractivity contribution in [2.24, 2.45) is 5.84 Å². The Labute approximate surface area is 74.0 Å². The van der Waals surface area contributed by atoms with Crippen molar-refractivity contribution in [2.45, 2.75) is 26.1 Å². The van der Waals surface area contributed by atoms with E-state index in [1.54, 1.807) is 0 Å². The number of nitrogens with zero attached hydrogens (tertiary/aromatic N) is 1. The van der Waals surface area contributed by atoms with E-state index in [0.29, 0.717) is 12.2 Å². The first-order valence-corrected chi connectivity index (χ1v) is 4.53. The quantitative estimate of drug-likeness (QED) is 0.449. The lowest BCUT2D eigenvalue weighted by atomic mass is 10.2. The molecule has 0 spiro atoms. The molecule has 1 aliphatic rings. The van der Waals surface area contributed by atoms with E-state index in [2.05, 4.69) is 24.2 Å². The maximum atomic E-state index is 5.60. The fourth-order valence-corrected chi connectivity index (χ4v) is 1.69. The molecule has 12 heavy (non-hydrogen) atoms. The number of nitrogens with one attached hydrogen (secondary N) is 1. The Morgan fingerprint density at radius 2 is 2.00 bits per heavy atom. The third-order valence-electron chi connectivity index (χ3n) is 2.07. The normalized spacial score (nSPS) is 32.2. The second-order valence-corrected chi connectivity index (χ2v) is 3.47. The van der Waals surface area contributed by atoms with Gasteiger partial charge in [-0.15, -0.1) is 0 Å². The summed E-state index contributed by atoms with van der Waals surface area (Å²) in [4.78, 5) is 2.37. The summed E-state index contributed by atoms with van der Waals surface area (Å²) in [5.41, 5.74) is 2.66. The van der Waals surface area contributed by atoms with Gasteiger partial charge in [0.25, 0.3) is 0 Å². The van der Waals surface area contributed by atoms with E-state index < -0.39 is 0 Å². The van der Waals surface area contributed by atoms with E-state index >= 15 is 0 Å². The average Bonchev–Trinajstić information content (AvgIpc) is 1.99. The van der Waals surface area contributed by atoms with Gasteiger partial charge in [0.1, 0.15) is 0 Å². The molecule has 4 nitrogen and oxygen atoms in total. The smallest absolute Gasteiger partial charge is 0.0678 e. The van der Waals surface area contributed by atoms with Gasteiger partial charge in [0.2, 0.25) is 0 Å². The fraction of sp³-hybridized carbons (Fsp3) is 1.00. The van der Waals surface area contributed by atoms with E-state index in [1.807, 2.05) is 0 Å². The van der Waals surface area contributed by atoms with Gasteiger partial charge < -0.3 is 4.74 Å². The minimum absolute atomic E-state index is 0.353. The van der Waals surface area contributed by atoms with Gasteiger partial charge in [0.05, 0.1) is 12.2 Å². The molecular weight excluding hydrogens is 154 g/mol. The Hall–Kier alpha value is -0.160. The van der Waals surface area contributed by atoms with Crippen LogP contribution in [-0.2, 0) is 4.74 Å². The van der Waals surface area contributed by atoms with Crippen LogP contribution < -0.4 is 11.3 Å². The van der Waals surface area contributed by atoms with Crippen molar-refractivity contribution in [2.75, 3.05) is 26.2 Å². The molecule has 1 heterocycles. The van der Waals surface area contributed by atoms with Gasteiger partial charge in [-0.2, -0.15) is 0 Å². The molecule has 0 aromatic carbocycles. The van der Waals surface area contributed by atoms with E-state index in [1.165, 1.54) is 0 Å². The maximum Gasteiger partial charge on any atom is 0.0678 e. The summed E-state index contributed by atoms with van der Waals surface area (Å²) in [6, 6.07) is 0. The van der Waals surface area contributed by atoms with Crippen LogP contribution in [0.15, 0.2) is 0 Å². The van der Waals surface area contributed by atoms with Gasteiger partial charge in [-0.25, -0.2) is 0 Å². The highest BCUT2D eigenvalue weighted by Crippen LogP contribution is 2.09. The largest absolute Gasteiger partial charge is 0.373 e. The minimum atomic E-state index is 0.353. The number of rotatable bonds is 3. The second-order valence-electron chi connectivity index (χ2n) is 3.47.